The summed E-state index contributed by atoms with van der Waals surface area (Å²) in [6.45, 7) is 2.84. The molecule has 33 heavy (non-hydrogen) atoms. The molecule has 0 saturated heterocycles. The smallest absolute Gasteiger partial charge is 0.306 e. The Morgan fingerprint density at radius 2 is 2.06 bits per heavy atom. The Bertz CT molecular complexity index is 1090. The predicted molar refractivity (Wildman–Crippen MR) is 119 cm³/mol. The Balaban J connectivity index is 1.42. The highest BCUT2D eigenvalue weighted by molar-refractivity contribution is 5.70. The Morgan fingerprint density at radius 1 is 1.24 bits per heavy atom. The molecule has 0 aromatic carbocycles. The minimum absolute atomic E-state index is 0.139. The quantitative estimate of drug-likeness (QED) is 0.497. The number of anilines is 1. The number of carboxylic acids is 1. The highest BCUT2D eigenvalue weighted by Crippen LogP contribution is 2.28. The van der Waals surface area contributed by atoms with Crippen molar-refractivity contribution in [2.75, 3.05) is 11.9 Å². The lowest BCUT2D eigenvalue weighted by Crippen LogP contribution is -2.29. The standard InChI is InChI=1S/C22H27N7O4/c1-3-32-19-7-8-23-22(28-19)26-13-18-17(12-27-29(18)2)20-24-10-16(11-25-20)33-15-6-4-5-14(9-15)21(30)31/h7-8,10-12,14-15H,3-6,9,13H2,1-2H3,(H,30,31)(H,23,26,28)/t14?,15-/m0/s1. The number of nitrogens with zero attached hydrogens (tertiary/aromatic N) is 6. The van der Waals surface area contributed by atoms with Crippen molar-refractivity contribution >= 4 is 11.9 Å². The highest BCUT2D eigenvalue weighted by atomic mass is 16.5. The molecule has 3 aromatic rings. The minimum Gasteiger partial charge on any atom is -0.487 e. The molecular formula is C22H27N7O4. The third-order valence-corrected chi connectivity index (χ3v) is 5.54. The van der Waals surface area contributed by atoms with Crippen molar-refractivity contribution in [2.24, 2.45) is 13.0 Å². The van der Waals surface area contributed by atoms with Gasteiger partial charge in [-0.2, -0.15) is 10.1 Å². The zero-order chi connectivity index (χ0) is 23.2. The Labute approximate surface area is 191 Å². The van der Waals surface area contributed by atoms with E-state index in [9.17, 15) is 9.90 Å². The predicted octanol–water partition coefficient (Wildman–Crippen LogP) is 2.70. The lowest BCUT2D eigenvalue weighted by Gasteiger charge is -2.27. The molecule has 2 atom stereocenters. The zero-order valence-corrected chi connectivity index (χ0v) is 18.6. The molecule has 1 fully saturated rings. The molecule has 0 aliphatic heterocycles. The molecule has 1 unspecified atom stereocenters. The molecule has 1 aliphatic carbocycles. The Hall–Kier alpha value is -3.76. The second-order valence-electron chi connectivity index (χ2n) is 7.82. The van der Waals surface area contributed by atoms with Gasteiger partial charge in [-0.1, -0.05) is 0 Å². The molecule has 4 rings (SSSR count). The number of rotatable bonds is 9. The molecule has 11 heteroatoms. The van der Waals surface area contributed by atoms with Crippen LogP contribution in [-0.2, 0) is 18.4 Å². The third kappa shape index (κ3) is 5.54. The zero-order valence-electron chi connectivity index (χ0n) is 18.6. The Kier molecular flexibility index (Phi) is 6.96. The van der Waals surface area contributed by atoms with Crippen molar-refractivity contribution in [3.63, 3.8) is 0 Å². The summed E-state index contributed by atoms with van der Waals surface area (Å²) >= 11 is 0. The van der Waals surface area contributed by atoms with E-state index >= 15 is 0 Å². The van der Waals surface area contributed by atoms with Crippen LogP contribution < -0.4 is 14.8 Å². The lowest BCUT2D eigenvalue weighted by atomic mass is 9.87. The summed E-state index contributed by atoms with van der Waals surface area (Å²) in [6.07, 6.45) is 9.31. The molecular weight excluding hydrogens is 426 g/mol. The summed E-state index contributed by atoms with van der Waals surface area (Å²) in [5.74, 6) is 0.884. The summed E-state index contributed by atoms with van der Waals surface area (Å²) in [6, 6.07) is 1.71. The fourth-order valence-corrected chi connectivity index (χ4v) is 3.86. The molecule has 2 N–H and O–H groups in total. The molecule has 3 aromatic heterocycles. The van der Waals surface area contributed by atoms with Crippen LogP contribution in [0.4, 0.5) is 5.95 Å². The van der Waals surface area contributed by atoms with Gasteiger partial charge in [0.05, 0.1) is 55.0 Å². The van der Waals surface area contributed by atoms with E-state index in [1.54, 1.807) is 35.5 Å². The van der Waals surface area contributed by atoms with E-state index in [4.69, 9.17) is 9.47 Å². The molecule has 0 spiro atoms. The number of hydrogen-bond donors (Lipinski definition) is 2. The van der Waals surface area contributed by atoms with Gasteiger partial charge in [0.2, 0.25) is 11.8 Å². The van der Waals surface area contributed by atoms with Gasteiger partial charge < -0.3 is 19.9 Å². The summed E-state index contributed by atoms with van der Waals surface area (Å²) < 4.78 is 13.1. The van der Waals surface area contributed by atoms with E-state index in [-0.39, 0.29) is 12.0 Å². The largest absolute Gasteiger partial charge is 0.487 e. The maximum absolute atomic E-state index is 11.3. The molecule has 11 nitrogen and oxygen atoms in total. The van der Waals surface area contributed by atoms with Gasteiger partial charge in [-0.15, -0.1) is 0 Å². The third-order valence-electron chi connectivity index (χ3n) is 5.54. The molecule has 0 amide bonds. The van der Waals surface area contributed by atoms with Crippen molar-refractivity contribution in [2.45, 2.75) is 45.3 Å². The fourth-order valence-electron chi connectivity index (χ4n) is 3.86. The first-order valence-corrected chi connectivity index (χ1v) is 11.0. The van der Waals surface area contributed by atoms with Gasteiger partial charge in [0.1, 0.15) is 0 Å². The van der Waals surface area contributed by atoms with Crippen LogP contribution in [0, 0.1) is 5.92 Å². The van der Waals surface area contributed by atoms with E-state index in [0.29, 0.717) is 49.4 Å². The van der Waals surface area contributed by atoms with Gasteiger partial charge in [0.25, 0.3) is 0 Å². The molecule has 0 bridgehead atoms. The molecule has 3 heterocycles. The van der Waals surface area contributed by atoms with Gasteiger partial charge in [-0.25, -0.2) is 15.0 Å². The number of aromatic nitrogens is 6. The van der Waals surface area contributed by atoms with Gasteiger partial charge in [0.15, 0.2) is 11.6 Å². The van der Waals surface area contributed by atoms with Crippen LogP contribution in [0.15, 0.2) is 30.9 Å². The molecule has 0 radical (unpaired) electrons. The highest BCUT2D eigenvalue weighted by Gasteiger charge is 2.28. The molecule has 174 valence electrons. The first-order valence-electron chi connectivity index (χ1n) is 11.0. The lowest BCUT2D eigenvalue weighted by molar-refractivity contribution is -0.143. The SMILES string of the molecule is CCOc1ccnc(NCc2c(-c3ncc(O[C@H]4CCCC(C(=O)O)C4)cn3)cnn2C)n1. The van der Waals surface area contributed by atoms with Gasteiger partial charge >= 0.3 is 5.97 Å². The number of nitrogens with one attached hydrogen (secondary N) is 1. The maximum atomic E-state index is 11.3. The average molecular weight is 454 g/mol. The van der Waals surface area contributed by atoms with Crippen LogP contribution in [0.2, 0.25) is 0 Å². The number of carboxylic acid groups (broad SMARTS) is 1. The van der Waals surface area contributed by atoms with E-state index < -0.39 is 5.97 Å². The molecule has 1 aliphatic rings. The monoisotopic (exact) mass is 453 g/mol. The van der Waals surface area contributed by atoms with Gasteiger partial charge in [-0.3, -0.25) is 9.48 Å². The summed E-state index contributed by atoms with van der Waals surface area (Å²) in [4.78, 5) is 28.7. The van der Waals surface area contributed by atoms with Crippen molar-refractivity contribution in [1.82, 2.24) is 29.7 Å². The summed E-state index contributed by atoms with van der Waals surface area (Å²) in [5.41, 5.74) is 1.65. The number of aryl methyl sites for hydroxylation is 1. The van der Waals surface area contributed by atoms with Crippen LogP contribution in [0.1, 0.15) is 38.3 Å². The number of ether oxygens (including phenoxy) is 2. The number of carbonyl (C=O) groups is 1. The van der Waals surface area contributed by atoms with Crippen molar-refractivity contribution in [3.05, 3.63) is 36.5 Å². The van der Waals surface area contributed by atoms with Gasteiger partial charge in [-0.05, 0) is 32.6 Å². The van der Waals surface area contributed by atoms with E-state index in [2.05, 4.69) is 30.4 Å². The van der Waals surface area contributed by atoms with Crippen LogP contribution in [-0.4, -0.2) is 53.5 Å². The topological polar surface area (TPSA) is 137 Å². The van der Waals surface area contributed by atoms with E-state index in [1.807, 2.05) is 14.0 Å². The second-order valence-corrected chi connectivity index (χ2v) is 7.82. The van der Waals surface area contributed by atoms with E-state index in [1.165, 1.54) is 0 Å². The second kappa shape index (κ2) is 10.2. The maximum Gasteiger partial charge on any atom is 0.306 e. The fraction of sp³-hybridized carbons (Fsp3) is 0.455. The number of aliphatic carboxylic acids is 1. The Morgan fingerprint density at radius 3 is 2.82 bits per heavy atom. The van der Waals surface area contributed by atoms with Crippen molar-refractivity contribution in [3.8, 4) is 23.0 Å². The number of hydrogen-bond acceptors (Lipinski definition) is 9. The normalized spacial score (nSPS) is 18.0. The van der Waals surface area contributed by atoms with Crippen LogP contribution >= 0.6 is 0 Å². The summed E-state index contributed by atoms with van der Waals surface area (Å²) in [5, 5.41) is 16.8. The van der Waals surface area contributed by atoms with Crippen LogP contribution in [0.5, 0.6) is 11.6 Å². The average Bonchev–Trinajstić information content (AvgIpc) is 3.19. The first-order chi connectivity index (χ1) is 16.0. The van der Waals surface area contributed by atoms with Crippen molar-refractivity contribution in [1.29, 1.82) is 0 Å². The molecule has 1 saturated carbocycles. The van der Waals surface area contributed by atoms with E-state index in [0.717, 1.165) is 24.1 Å². The van der Waals surface area contributed by atoms with Gasteiger partial charge in [0, 0.05) is 19.3 Å². The van der Waals surface area contributed by atoms with Crippen LogP contribution in [0.3, 0.4) is 0 Å². The van der Waals surface area contributed by atoms with Crippen molar-refractivity contribution < 1.29 is 19.4 Å². The summed E-state index contributed by atoms with van der Waals surface area (Å²) in [7, 11) is 1.84. The first kappa shape index (κ1) is 22.4. The van der Waals surface area contributed by atoms with Crippen LogP contribution in [0.25, 0.3) is 11.4 Å². The minimum atomic E-state index is -0.761.